The van der Waals surface area contributed by atoms with E-state index in [1.807, 2.05) is 18.2 Å². The molecule has 0 radical (unpaired) electrons. The van der Waals surface area contributed by atoms with Gasteiger partial charge in [-0.3, -0.25) is 14.2 Å². The number of fused-ring (bicyclic) bond motifs is 1. The Bertz CT molecular complexity index is 1080. The van der Waals surface area contributed by atoms with Crippen LogP contribution < -0.4 is 10.9 Å². The molecular formula is C21H22ClN3O2S. The molecule has 28 heavy (non-hydrogen) atoms. The summed E-state index contributed by atoms with van der Waals surface area (Å²) in [6, 6.07) is 12.6. The first-order valence-electron chi connectivity index (χ1n) is 9.03. The van der Waals surface area contributed by atoms with Gasteiger partial charge < -0.3 is 5.32 Å². The summed E-state index contributed by atoms with van der Waals surface area (Å²) in [4.78, 5) is 29.6. The molecule has 0 unspecified atom stereocenters. The molecule has 0 aliphatic heterocycles. The molecule has 146 valence electrons. The van der Waals surface area contributed by atoms with Gasteiger partial charge in [0.05, 0.1) is 10.9 Å². The second-order valence-electron chi connectivity index (χ2n) is 6.93. The van der Waals surface area contributed by atoms with E-state index in [9.17, 15) is 9.59 Å². The summed E-state index contributed by atoms with van der Waals surface area (Å²) in [5, 5.41) is 4.35. The van der Waals surface area contributed by atoms with Gasteiger partial charge in [-0.2, -0.15) is 0 Å². The predicted molar refractivity (Wildman–Crippen MR) is 115 cm³/mol. The minimum atomic E-state index is -0.121. The highest BCUT2D eigenvalue weighted by Gasteiger charge is 2.14. The van der Waals surface area contributed by atoms with E-state index in [2.05, 4.69) is 19.2 Å². The normalized spacial score (nSPS) is 11.2. The Hall–Kier alpha value is -2.31. The Kier molecular flexibility index (Phi) is 6.42. The fraction of sp³-hybridized carbons (Fsp3) is 0.286. The first-order valence-corrected chi connectivity index (χ1v) is 10.4. The summed E-state index contributed by atoms with van der Waals surface area (Å²) < 4.78 is 1.72. The third-order valence-electron chi connectivity index (χ3n) is 4.21. The van der Waals surface area contributed by atoms with Gasteiger partial charge in [-0.05, 0) is 41.8 Å². The summed E-state index contributed by atoms with van der Waals surface area (Å²) in [6.45, 7) is 4.71. The summed E-state index contributed by atoms with van der Waals surface area (Å²) >= 11 is 7.56. The number of halogens is 1. The van der Waals surface area contributed by atoms with E-state index in [4.69, 9.17) is 16.6 Å². The largest absolute Gasteiger partial charge is 0.355 e. The second kappa shape index (κ2) is 8.80. The molecule has 1 heterocycles. The van der Waals surface area contributed by atoms with E-state index in [0.29, 0.717) is 44.9 Å². The van der Waals surface area contributed by atoms with Crippen LogP contribution in [0.15, 0.2) is 52.4 Å². The Morgan fingerprint density at radius 1 is 1.25 bits per heavy atom. The molecule has 0 fully saturated rings. The Labute approximate surface area is 173 Å². The third-order valence-corrected chi connectivity index (χ3v) is 5.50. The molecule has 2 aromatic carbocycles. The van der Waals surface area contributed by atoms with Crippen LogP contribution in [-0.4, -0.2) is 22.5 Å². The average Bonchev–Trinajstić information content (AvgIpc) is 2.68. The SMILES string of the molecule is CNC(=O)c1cccc(CSc2nc3ccc(Cl)cc3c(=O)n2CC(C)C)c1. The maximum atomic E-state index is 13.0. The average molecular weight is 416 g/mol. The molecule has 1 N–H and O–H groups in total. The quantitative estimate of drug-likeness (QED) is 0.480. The zero-order valence-electron chi connectivity index (χ0n) is 16.0. The van der Waals surface area contributed by atoms with Crippen LogP contribution in [0.25, 0.3) is 10.9 Å². The molecule has 0 aliphatic carbocycles. The number of hydrogen-bond acceptors (Lipinski definition) is 4. The standard InChI is InChI=1S/C21H22ClN3O2S/c1-13(2)11-25-20(27)17-10-16(22)7-8-18(17)24-21(25)28-12-14-5-4-6-15(9-14)19(26)23-3/h4-10,13H,11-12H2,1-3H3,(H,23,26). The van der Waals surface area contributed by atoms with Crippen molar-refractivity contribution in [3.05, 3.63) is 69.0 Å². The Morgan fingerprint density at radius 2 is 2.04 bits per heavy atom. The van der Waals surface area contributed by atoms with Crippen molar-refractivity contribution in [1.29, 1.82) is 0 Å². The van der Waals surface area contributed by atoms with Gasteiger partial charge in [-0.1, -0.05) is 49.3 Å². The van der Waals surface area contributed by atoms with Crippen LogP contribution in [0.5, 0.6) is 0 Å². The zero-order chi connectivity index (χ0) is 20.3. The molecule has 0 aliphatic rings. The fourth-order valence-electron chi connectivity index (χ4n) is 2.90. The van der Waals surface area contributed by atoms with Crippen molar-refractivity contribution in [2.45, 2.75) is 31.3 Å². The smallest absolute Gasteiger partial charge is 0.262 e. The van der Waals surface area contributed by atoms with Crippen LogP contribution in [0, 0.1) is 5.92 Å². The van der Waals surface area contributed by atoms with Crippen molar-refractivity contribution < 1.29 is 4.79 Å². The topological polar surface area (TPSA) is 64.0 Å². The van der Waals surface area contributed by atoms with Gasteiger partial charge in [0, 0.05) is 29.9 Å². The van der Waals surface area contributed by atoms with Crippen LogP contribution in [0.3, 0.4) is 0 Å². The van der Waals surface area contributed by atoms with E-state index in [0.717, 1.165) is 5.56 Å². The molecule has 0 saturated carbocycles. The van der Waals surface area contributed by atoms with Gasteiger partial charge >= 0.3 is 0 Å². The van der Waals surface area contributed by atoms with Gasteiger partial charge in [0.25, 0.3) is 11.5 Å². The number of thioether (sulfide) groups is 1. The summed E-state index contributed by atoms with van der Waals surface area (Å²) in [6.07, 6.45) is 0. The lowest BCUT2D eigenvalue weighted by Gasteiger charge is -2.15. The van der Waals surface area contributed by atoms with E-state index in [1.165, 1.54) is 11.8 Å². The van der Waals surface area contributed by atoms with E-state index < -0.39 is 0 Å². The van der Waals surface area contributed by atoms with Crippen LogP contribution in [0.1, 0.15) is 29.8 Å². The zero-order valence-corrected chi connectivity index (χ0v) is 17.6. The van der Waals surface area contributed by atoms with Crippen molar-refractivity contribution in [1.82, 2.24) is 14.9 Å². The number of amides is 1. The van der Waals surface area contributed by atoms with Crippen LogP contribution >= 0.6 is 23.4 Å². The van der Waals surface area contributed by atoms with Crippen LogP contribution in [0.2, 0.25) is 5.02 Å². The lowest BCUT2D eigenvalue weighted by atomic mass is 10.1. The van der Waals surface area contributed by atoms with Gasteiger partial charge in [0.15, 0.2) is 5.16 Å². The molecule has 1 amide bonds. The number of hydrogen-bond donors (Lipinski definition) is 1. The highest BCUT2D eigenvalue weighted by molar-refractivity contribution is 7.98. The van der Waals surface area contributed by atoms with Crippen molar-refractivity contribution in [3.63, 3.8) is 0 Å². The molecule has 0 saturated heterocycles. The maximum Gasteiger partial charge on any atom is 0.262 e. The third kappa shape index (κ3) is 4.56. The van der Waals surface area contributed by atoms with E-state index >= 15 is 0 Å². The highest BCUT2D eigenvalue weighted by Crippen LogP contribution is 2.24. The fourth-order valence-corrected chi connectivity index (χ4v) is 4.03. The minimum Gasteiger partial charge on any atom is -0.355 e. The molecule has 0 bridgehead atoms. The molecule has 7 heteroatoms. The van der Waals surface area contributed by atoms with E-state index in [-0.39, 0.29) is 11.5 Å². The monoisotopic (exact) mass is 415 g/mol. The first-order chi connectivity index (χ1) is 13.4. The number of nitrogens with zero attached hydrogens (tertiary/aromatic N) is 2. The van der Waals surface area contributed by atoms with Crippen molar-refractivity contribution in [2.75, 3.05) is 7.05 Å². The Balaban J connectivity index is 1.97. The number of benzene rings is 2. The number of carbonyl (C=O) groups excluding carboxylic acids is 1. The number of carbonyl (C=O) groups is 1. The minimum absolute atomic E-state index is 0.0807. The summed E-state index contributed by atoms with van der Waals surface area (Å²) in [5.41, 5.74) is 2.16. The lowest BCUT2D eigenvalue weighted by Crippen LogP contribution is -2.25. The molecule has 0 spiro atoms. The van der Waals surface area contributed by atoms with Gasteiger partial charge in [0.2, 0.25) is 0 Å². The van der Waals surface area contributed by atoms with Crippen molar-refractivity contribution in [3.8, 4) is 0 Å². The summed E-state index contributed by atoms with van der Waals surface area (Å²) in [7, 11) is 1.61. The van der Waals surface area contributed by atoms with E-state index in [1.54, 1.807) is 35.9 Å². The lowest BCUT2D eigenvalue weighted by molar-refractivity contribution is 0.0963. The molecule has 3 rings (SSSR count). The molecule has 5 nitrogen and oxygen atoms in total. The number of rotatable bonds is 6. The van der Waals surface area contributed by atoms with Gasteiger partial charge in [0.1, 0.15) is 0 Å². The molecule has 0 atom stereocenters. The molecule has 1 aromatic heterocycles. The predicted octanol–water partition coefficient (Wildman–Crippen LogP) is 4.36. The van der Waals surface area contributed by atoms with Crippen LogP contribution in [-0.2, 0) is 12.3 Å². The van der Waals surface area contributed by atoms with Crippen LogP contribution in [0.4, 0.5) is 0 Å². The first kappa shape index (κ1) is 20.4. The molecular weight excluding hydrogens is 394 g/mol. The maximum absolute atomic E-state index is 13.0. The van der Waals surface area contributed by atoms with Crippen molar-refractivity contribution >= 4 is 40.2 Å². The Morgan fingerprint density at radius 3 is 2.75 bits per heavy atom. The summed E-state index contributed by atoms with van der Waals surface area (Å²) in [5.74, 6) is 0.783. The van der Waals surface area contributed by atoms with Gasteiger partial charge in [-0.15, -0.1) is 0 Å². The van der Waals surface area contributed by atoms with Crippen molar-refractivity contribution in [2.24, 2.45) is 5.92 Å². The molecule has 3 aromatic rings. The highest BCUT2D eigenvalue weighted by atomic mass is 35.5. The second-order valence-corrected chi connectivity index (χ2v) is 8.31. The number of nitrogens with one attached hydrogen (secondary N) is 1. The number of aromatic nitrogens is 2. The van der Waals surface area contributed by atoms with Gasteiger partial charge in [-0.25, -0.2) is 4.98 Å².